The molecule has 2 rings (SSSR count). The van der Waals surface area contributed by atoms with Gasteiger partial charge in [-0.05, 0) is 56.5 Å². The molecule has 5 nitrogen and oxygen atoms in total. The van der Waals surface area contributed by atoms with Crippen molar-refractivity contribution in [3.05, 3.63) is 58.3 Å². The van der Waals surface area contributed by atoms with E-state index in [1.54, 1.807) is 4.90 Å². The Balaban J connectivity index is 2.12. The van der Waals surface area contributed by atoms with E-state index in [0.717, 1.165) is 42.4 Å². The lowest BCUT2D eigenvalue weighted by Crippen LogP contribution is -2.46. The zero-order valence-corrected chi connectivity index (χ0v) is 21.6. The molecule has 0 bridgehead atoms. The molecule has 0 saturated carbocycles. The summed E-state index contributed by atoms with van der Waals surface area (Å²) in [6.45, 7) is 10.3. The summed E-state index contributed by atoms with van der Waals surface area (Å²) in [5.74, 6) is 0.0950. The number of hydrogen-bond donors (Lipinski definition) is 0. The first-order chi connectivity index (χ1) is 15.3. The van der Waals surface area contributed by atoms with Crippen LogP contribution < -0.4 is 0 Å². The zero-order chi connectivity index (χ0) is 23.5. The SMILES string of the molecule is CCCCC(=O)N(CC(=O)N(CCCC)Cc1cccn1Cc1ccc(Br)cc1)C(C)C. The fourth-order valence-corrected chi connectivity index (χ4v) is 3.91. The van der Waals surface area contributed by atoms with Crippen LogP contribution in [0.1, 0.15) is 71.1 Å². The maximum absolute atomic E-state index is 13.3. The van der Waals surface area contributed by atoms with Crippen LogP contribution in [-0.4, -0.2) is 45.3 Å². The van der Waals surface area contributed by atoms with Crippen molar-refractivity contribution in [3.63, 3.8) is 0 Å². The molecule has 0 aliphatic rings. The van der Waals surface area contributed by atoms with Gasteiger partial charge >= 0.3 is 0 Å². The molecule has 6 heteroatoms. The number of unbranched alkanes of at least 4 members (excludes halogenated alkanes) is 2. The van der Waals surface area contributed by atoms with Crippen LogP contribution in [0.2, 0.25) is 0 Å². The van der Waals surface area contributed by atoms with Gasteiger partial charge < -0.3 is 14.4 Å². The van der Waals surface area contributed by atoms with Crippen molar-refractivity contribution in [2.24, 2.45) is 0 Å². The first-order valence-corrected chi connectivity index (χ1v) is 12.6. The minimum Gasteiger partial charge on any atom is -0.345 e. The Morgan fingerprint density at radius 3 is 2.31 bits per heavy atom. The Kier molecular flexibility index (Phi) is 11.0. The summed E-state index contributed by atoms with van der Waals surface area (Å²) in [4.78, 5) is 29.6. The van der Waals surface area contributed by atoms with Gasteiger partial charge in [0.25, 0.3) is 0 Å². The van der Waals surface area contributed by atoms with Crippen molar-refractivity contribution < 1.29 is 9.59 Å². The van der Waals surface area contributed by atoms with E-state index in [-0.39, 0.29) is 24.4 Å². The molecule has 1 heterocycles. The van der Waals surface area contributed by atoms with Gasteiger partial charge in [0.2, 0.25) is 11.8 Å². The minimum absolute atomic E-state index is 0.0117. The topological polar surface area (TPSA) is 45.6 Å². The van der Waals surface area contributed by atoms with Crippen LogP contribution in [0.15, 0.2) is 47.1 Å². The Morgan fingerprint density at radius 1 is 1.00 bits per heavy atom. The number of carbonyl (C=O) groups excluding carboxylic acids is 2. The van der Waals surface area contributed by atoms with E-state index >= 15 is 0 Å². The Morgan fingerprint density at radius 2 is 1.69 bits per heavy atom. The van der Waals surface area contributed by atoms with Gasteiger partial charge in [0, 0.05) is 41.9 Å². The molecular formula is C26H38BrN3O2. The number of rotatable bonds is 13. The van der Waals surface area contributed by atoms with E-state index < -0.39 is 0 Å². The van der Waals surface area contributed by atoms with Crippen molar-refractivity contribution >= 4 is 27.7 Å². The second-order valence-electron chi connectivity index (χ2n) is 8.64. The summed E-state index contributed by atoms with van der Waals surface area (Å²) in [6, 6.07) is 12.4. The first-order valence-electron chi connectivity index (χ1n) is 11.8. The normalized spacial score (nSPS) is 11.1. The largest absolute Gasteiger partial charge is 0.345 e. The number of hydrogen-bond acceptors (Lipinski definition) is 2. The summed E-state index contributed by atoms with van der Waals surface area (Å²) in [5.41, 5.74) is 2.32. The molecule has 0 unspecified atom stereocenters. The second-order valence-corrected chi connectivity index (χ2v) is 9.56. The zero-order valence-electron chi connectivity index (χ0n) is 20.0. The summed E-state index contributed by atoms with van der Waals surface area (Å²) in [7, 11) is 0. The first kappa shape index (κ1) is 26.2. The van der Waals surface area contributed by atoms with Gasteiger partial charge in [-0.3, -0.25) is 9.59 Å². The molecule has 1 aromatic heterocycles. The smallest absolute Gasteiger partial charge is 0.242 e. The number of aromatic nitrogens is 1. The van der Waals surface area contributed by atoms with Crippen LogP contribution in [0.4, 0.5) is 0 Å². The van der Waals surface area contributed by atoms with Gasteiger partial charge in [-0.1, -0.05) is 54.8 Å². The van der Waals surface area contributed by atoms with Crippen molar-refractivity contribution in [3.8, 4) is 0 Å². The third-order valence-electron chi connectivity index (χ3n) is 5.67. The van der Waals surface area contributed by atoms with Crippen LogP contribution in [0.25, 0.3) is 0 Å². The standard InChI is InChI=1S/C26H38BrN3O2/c1-5-7-11-25(31)30(21(3)4)20-26(32)29(16-8-6-2)19-24-10-9-17-28(24)18-22-12-14-23(27)15-13-22/h9-10,12-15,17,21H,5-8,11,16,18-20H2,1-4H3. The van der Waals surface area contributed by atoms with Gasteiger partial charge in [-0.2, -0.15) is 0 Å². The predicted octanol–water partition coefficient (Wildman–Crippen LogP) is 5.85. The summed E-state index contributed by atoms with van der Waals surface area (Å²) in [6.07, 6.45) is 6.38. The summed E-state index contributed by atoms with van der Waals surface area (Å²) >= 11 is 3.49. The lowest BCUT2D eigenvalue weighted by Gasteiger charge is -2.30. The number of carbonyl (C=O) groups is 2. The Hall–Kier alpha value is -2.08. The van der Waals surface area contributed by atoms with Crippen LogP contribution in [-0.2, 0) is 22.7 Å². The van der Waals surface area contributed by atoms with Gasteiger partial charge in [0.1, 0.15) is 0 Å². The van der Waals surface area contributed by atoms with E-state index in [9.17, 15) is 9.59 Å². The highest BCUT2D eigenvalue weighted by atomic mass is 79.9. The lowest BCUT2D eigenvalue weighted by molar-refractivity contribution is -0.142. The molecular weight excluding hydrogens is 466 g/mol. The van der Waals surface area contributed by atoms with E-state index in [0.29, 0.717) is 19.5 Å². The quantitative estimate of drug-likeness (QED) is 0.343. The van der Waals surface area contributed by atoms with Crippen molar-refractivity contribution in [1.29, 1.82) is 0 Å². The van der Waals surface area contributed by atoms with Gasteiger partial charge in [-0.25, -0.2) is 0 Å². The maximum Gasteiger partial charge on any atom is 0.242 e. The fourth-order valence-electron chi connectivity index (χ4n) is 3.65. The summed E-state index contributed by atoms with van der Waals surface area (Å²) in [5, 5.41) is 0. The second kappa shape index (κ2) is 13.5. The fraction of sp³-hybridized carbons (Fsp3) is 0.538. The maximum atomic E-state index is 13.3. The van der Waals surface area contributed by atoms with Crippen LogP contribution >= 0.6 is 15.9 Å². The molecule has 0 aliphatic heterocycles. The van der Waals surface area contributed by atoms with E-state index in [2.05, 4.69) is 58.7 Å². The highest BCUT2D eigenvalue weighted by Gasteiger charge is 2.23. The highest BCUT2D eigenvalue weighted by molar-refractivity contribution is 9.10. The van der Waals surface area contributed by atoms with Gasteiger partial charge in [0.15, 0.2) is 0 Å². The molecule has 0 N–H and O–H groups in total. The number of halogens is 1. The van der Waals surface area contributed by atoms with Gasteiger partial charge in [-0.15, -0.1) is 0 Å². The average Bonchev–Trinajstić information content (AvgIpc) is 3.20. The molecule has 0 spiro atoms. The molecule has 176 valence electrons. The summed E-state index contributed by atoms with van der Waals surface area (Å²) < 4.78 is 3.26. The third kappa shape index (κ3) is 8.12. The molecule has 0 aliphatic carbocycles. The molecule has 2 aromatic rings. The van der Waals surface area contributed by atoms with E-state index in [4.69, 9.17) is 0 Å². The Labute approximate surface area is 201 Å². The number of nitrogens with zero attached hydrogens (tertiary/aromatic N) is 3. The molecule has 0 radical (unpaired) electrons. The number of benzene rings is 1. The minimum atomic E-state index is 0.0117. The monoisotopic (exact) mass is 503 g/mol. The molecule has 2 amide bonds. The molecule has 0 atom stereocenters. The van der Waals surface area contributed by atoms with E-state index in [1.807, 2.05) is 36.9 Å². The van der Waals surface area contributed by atoms with Crippen molar-refractivity contribution in [2.45, 2.75) is 78.9 Å². The predicted molar refractivity (Wildman–Crippen MR) is 134 cm³/mol. The Bertz CT molecular complexity index is 845. The van der Waals surface area contributed by atoms with E-state index in [1.165, 1.54) is 5.56 Å². The van der Waals surface area contributed by atoms with Crippen LogP contribution in [0, 0.1) is 0 Å². The van der Waals surface area contributed by atoms with Crippen molar-refractivity contribution in [1.82, 2.24) is 14.4 Å². The molecule has 0 saturated heterocycles. The average molecular weight is 505 g/mol. The van der Waals surface area contributed by atoms with Crippen molar-refractivity contribution in [2.75, 3.05) is 13.1 Å². The third-order valence-corrected chi connectivity index (χ3v) is 6.20. The van der Waals surface area contributed by atoms with Crippen LogP contribution in [0.5, 0.6) is 0 Å². The lowest BCUT2D eigenvalue weighted by atomic mass is 10.2. The van der Waals surface area contributed by atoms with Crippen LogP contribution in [0.3, 0.4) is 0 Å². The number of amides is 2. The molecule has 32 heavy (non-hydrogen) atoms. The molecule has 1 aromatic carbocycles. The van der Waals surface area contributed by atoms with Gasteiger partial charge in [0.05, 0.1) is 13.1 Å². The molecule has 0 fully saturated rings. The highest BCUT2D eigenvalue weighted by Crippen LogP contribution is 2.15.